The number of methoxy groups -OCH3 is 1. The second-order valence-corrected chi connectivity index (χ2v) is 7.19. The smallest absolute Gasteiger partial charge is 0.234 e. The Morgan fingerprint density at radius 1 is 1.33 bits per heavy atom. The molecule has 1 saturated carbocycles. The van der Waals surface area contributed by atoms with Gasteiger partial charge in [-0.3, -0.25) is 9.69 Å². The lowest BCUT2D eigenvalue weighted by Crippen LogP contribution is -2.43. The Bertz CT molecular complexity index is 571. The zero-order valence-electron chi connectivity index (χ0n) is 14.9. The molecule has 132 valence electrons. The summed E-state index contributed by atoms with van der Waals surface area (Å²) in [4.78, 5) is 14.6. The summed E-state index contributed by atoms with van der Waals surface area (Å²) in [5.74, 6) is 0.964. The van der Waals surface area contributed by atoms with E-state index in [1.165, 1.54) is 18.4 Å². The van der Waals surface area contributed by atoms with Gasteiger partial charge in [0.2, 0.25) is 5.91 Å². The summed E-state index contributed by atoms with van der Waals surface area (Å²) in [6.45, 7) is 5.44. The van der Waals surface area contributed by atoms with Crippen LogP contribution in [0.15, 0.2) is 24.3 Å². The summed E-state index contributed by atoms with van der Waals surface area (Å²) in [5.41, 5.74) is 1.28. The van der Waals surface area contributed by atoms with Crippen molar-refractivity contribution >= 4 is 5.91 Å². The second kappa shape index (κ2) is 7.53. The third kappa shape index (κ3) is 4.08. The van der Waals surface area contributed by atoms with Crippen LogP contribution < -0.4 is 15.4 Å². The van der Waals surface area contributed by atoms with Gasteiger partial charge in [0.15, 0.2) is 0 Å². The number of carbonyl (C=O) groups excluding carboxylic acids is 1. The third-order valence-electron chi connectivity index (χ3n) is 4.86. The molecule has 2 aliphatic rings. The molecule has 1 saturated heterocycles. The summed E-state index contributed by atoms with van der Waals surface area (Å²) in [6, 6.07) is 9.86. The first-order chi connectivity index (χ1) is 11.6. The van der Waals surface area contributed by atoms with Gasteiger partial charge in [0.1, 0.15) is 5.75 Å². The predicted octanol–water partition coefficient (Wildman–Crippen LogP) is 2.09. The molecule has 2 N–H and O–H groups in total. The fourth-order valence-electron chi connectivity index (χ4n) is 3.69. The van der Waals surface area contributed by atoms with E-state index in [0.29, 0.717) is 24.7 Å². The largest absolute Gasteiger partial charge is 0.497 e. The summed E-state index contributed by atoms with van der Waals surface area (Å²) >= 11 is 0. The number of ether oxygens (including phenoxy) is 1. The summed E-state index contributed by atoms with van der Waals surface area (Å²) < 4.78 is 5.40. The molecule has 2 fully saturated rings. The van der Waals surface area contributed by atoms with Crippen LogP contribution in [0.1, 0.15) is 44.7 Å². The molecule has 5 heteroatoms. The minimum Gasteiger partial charge on any atom is -0.497 e. The molecule has 24 heavy (non-hydrogen) atoms. The minimum atomic E-state index is 0.0688. The van der Waals surface area contributed by atoms with Crippen LogP contribution in [-0.2, 0) is 4.79 Å². The van der Waals surface area contributed by atoms with E-state index < -0.39 is 0 Å². The maximum atomic E-state index is 12.0. The fraction of sp³-hybridized carbons (Fsp3) is 0.632. The Morgan fingerprint density at radius 3 is 2.79 bits per heavy atom. The van der Waals surface area contributed by atoms with Crippen molar-refractivity contribution < 1.29 is 9.53 Å². The highest BCUT2D eigenvalue weighted by atomic mass is 16.5. The maximum Gasteiger partial charge on any atom is 0.234 e. The van der Waals surface area contributed by atoms with Crippen molar-refractivity contribution in [1.29, 1.82) is 0 Å². The number of carbonyl (C=O) groups is 1. The molecule has 1 aromatic rings. The van der Waals surface area contributed by atoms with E-state index in [1.54, 1.807) is 7.11 Å². The highest BCUT2D eigenvalue weighted by molar-refractivity contribution is 5.78. The van der Waals surface area contributed by atoms with Crippen LogP contribution in [0.4, 0.5) is 0 Å². The fourth-order valence-corrected chi connectivity index (χ4v) is 3.69. The van der Waals surface area contributed by atoms with Gasteiger partial charge < -0.3 is 15.4 Å². The summed E-state index contributed by atoms with van der Waals surface area (Å²) in [5, 5.41) is 6.44. The zero-order valence-corrected chi connectivity index (χ0v) is 14.9. The Kier molecular flexibility index (Phi) is 5.41. The summed E-state index contributed by atoms with van der Waals surface area (Å²) in [7, 11) is 1.71. The van der Waals surface area contributed by atoms with Crippen LogP contribution >= 0.6 is 0 Å². The van der Waals surface area contributed by atoms with E-state index in [2.05, 4.69) is 33.7 Å². The van der Waals surface area contributed by atoms with E-state index in [-0.39, 0.29) is 11.9 Å². The van der Waals surface area contributed by atoms with Gasteiger partial charge in [0, 0.05) is 24.7 Å². The number of nitrogens with one attached hydrogen (secondary N) is 2. The van der Waals surface area contributed by atoms with Crippen LogP contribution in [0.25, 0.3) is 0 Å². The molecule has 2 atom stereocenters. The molecule has 3 rings (SSSR count). The zero-order chi connectivity index (χ0) is 17.1. The van der Waals surface area contributed by atoms with E-state index in [1.807, 2.05) is 19.9 Å². The van der Waals surface area contributed by atoms with Crippen LogP contribution in [-0.4, -0.2) is 49.1 Å². The maximum absolute atomic E-state index is 12.0. The van der Waals surface area contributed by atoms with Crippen molar-refractivity contribution in [2.24, 2.45) is 0 Å². The van der Waals surface area contributed by atoms with Crippen LogP contribution in [0.3, 0.4) is 0 Å². The van der Waals surface area contributed by atoms with Crippen molar-refractivity contribution in [2.45, 2.75) is 57.3 Å². The predicted molar refractivity (Wildman–Crippen MR) is 95.1 cm³/mol. The topological polar surface area (TPSA) is 53.6 Å². The monoisotopic (exact) mass is 331 g/mol. The van der Waals surface area contributed by atoms with E-state index >= 15 is 0 Å². The number of nitrogens with zero attached hydrogens (tertiary/aromatic N) is 1. The van der Waals surface area contributed by atoms with E-state index in [4.69, 9.17) is 4.74 Å². The molecule has 1 aliphatic heterocycles. The van der Waals surface area contributed by atoms with Crippen molar-refractivity contribution in [1.82, 2.24) is 15.5 Å². The average Bonchev–Trinajstić information content (AvgIpc) is 3.32. The Balaban J connectivity index is 1.71. The van der Waals surface area contributed by atoms with Gasteiger partial charge in [-0.1, -0.05) is 12.1 Å². The third-order valence-corrected chi connectivity index (χ3v) is 4.86. The molecular weight excluding hydrogens is 302 g/mol. The molecule has 0 spiro atoms. The number of benzene rings is 1. The SMILES string of the molecule is COc1cccc([C@@H]2[C@@H](NCC(=O)NC(C)C)CCN2C2CC2)c1. The van der Waals surface area contributed by atoms with Crippen molar-refractivity contribution in [3.8, 4) is 5.75 Å². The van der Waals surface area contributed by atoms with Gasteiger partial charge in [0.25, 0.3) is 0 Å². The Morgan fingerprint density at radius 2 is 2.12 bits per heavy atom. The lowest BCUT2D eigenvalue weighted by molar-refractivity contribution is -0.120. The molecule has 1 amide bonds. The highest BCUT2D eigenvalue weighted by Gasteiger charge is 2.42. The van der Waals surface area contributed by atoms with Crippen LogP contribution in [0.2, 0.25) is 0 Å². The van der Waals surface area contributed by atoms with Gasteiger partial charge in [-0.2, -0.15) is 0 Å². The average molecular weight is 331 g/mol. The molecule has 1 aromatic carbocycles. The molecule has 0 aromatic heterocycles. The molecule has 1 heterocycles. The van der Waals surface area contributed by atoms with Crippen molar-refractivity contribution in [2.75, 3.05) is 20.2 Å². The standard InChI is InChI=1S/C19H29N3O2/c1-13(2)21-18(23)12-20-17-9-10-22(15-7-8-15)19(17)14-5-4-6-16(11-14)24-3/h4-6,11,13,15,17,19-20H,7-10,12H2,1-3H3,(H,21,23)/t17-,19+/m0/s1. The first-order valence-electron chi connectivity index (χ1n) is 9.01. The van der Waals surface area contributed by atoms with Gasteiger partial charge in [0.05, 0.1) is 19.7 Å². The van der Waals surface area contributed by atoms with Crippen molar-refractivity contribution in [3.05, 3.63) is 29.8 Å². The van der Waals surface area contributed by atoms with Gasteiger partial charge >= 0.3 is 0 Å². The number of rotatable bonds is 7. The Labute approximate surface area is 144 Å². The van der Waals surface area contributed by atoms with E-state index in [0.717, 1.165) is 18.7 Å². The summed E-state index contributed by atoms with van der Waals surface area (Å²) in [6.07, 6.45) is 3.66. The molecule has 0 radical (unpaired) electrons. The number of amides is 1. The minimum absolute atomic E-state index is 0.0688. The van der Waals surface area contributed by atoms with Gasteiger partial charge in [-0.05, 0) is 50.8 Å². The number of hydrogen-bond donors (Lipinski definition) is 2. The lowest BCUT2D eigenvalue weighted by atomic mass is 9.99. The lowest BCUT2D eigenvalue weighted by Gasteiger charge is -2.29. The second-order valence-electron chi connectivity index (χ2n) is 7.19. The van der Waals surface area contributed by atoms with Crippen LogP contribution in [0, 0.1) is 0 Å². The van der Waals surface area contributed by atoms with Crippen molar-refractivity contribution in [3.63, 3.8) is 0 Å². The molecule has 1 aliphatic carbocycles. The Hall–Kier alpha value is -1.59. The van der Waals surface area contributed by atoms with Crippen LogP contribution in [0.5, 0.6) is 5.75 Å². The van der Waals surface area contributed by atoms with Gasteiger partial charge in [-0.15, -0.1) is 0 Å². The molecule has 0 unspecified atom stereocenters. The first kappa shape index (κ1) is 17.2. The number of likely N-dealkylation sites (tertiary alicyclic amines) is 1. The normalized spacial score (nSPS) is 24.3. The molecule has 5 nitrogen and oxygen atoms in total. The number of hydrogen-bond acceptors (Lipinski definition) is 4. The van der Waals surface area contributed by atoms with Gasteiger partial charge in [-0.25, -0.2) is 0 Å². The highest BCUT2D eigenvalue weighted by Crippen LogP contribution is 2.41. The quantitative estimate of drug-likeness (QED) is 0.803. The first-order valence-corrected chi connectivity index (χ1v) is 9.01. The van der Waals surface area contributed by atoms with E-state index in [9.17, 15) is 4.79 Å². The molecular formula is C19H29N3O2. The molecule has 0 bridgehead atoms.